The van der Waals surface area contributed by atoms with E-state index in [4.69, 9.17) is 0 Å². The standard InChI is InChI=1S/C15H18N2S/c1-12-5-3-6-13(9-12)10-18-11-14-7-4-8-15(16-2)17-14/h3-9H,10-11H2,1-2H3,(H,16,17). The lowest BCUT2D eigenvalue weighted by molar-refractivity contribution is 1.16. The van der Waals surface area contributed by atoms with Crippen LogP contribution in [0.4, 0.5) is 5.82 Å². The molecule has 0 aliphatic rings. The molecule has 0 spiro atoms. The second-order valence-electron chi connectivity index (χ2n) is 4.25. The summed E-state index contributed by atoms with van der Waals surface area (Å²) in [6, 6.07) is 14.8. The Bertz CT molecular complexity index is 511. The molecule has 18 heavy (non-hydrogen) atoms. The summed E-state index contributed by atoms with van der Waals surface area (Å²) >= 11 is 1.90. The van der Waals surface area contributed by atoms with Crippen molar-refractivity contribution in [1.29, 1.82) is 0 Å². The summed E-state index contributed by atoms with van der Waals surface area (Å²) in [6.07, 6.45) is 0. The Hall–Kier alpha value is -1.48. The molecule has 2 rings (SSSR count). The Morgan fingerprint density at radius 2 is 1.94 bits per heavy atom. The second kappa shape index (κ2) is 6.45. The zero-order chi connectivity index (χ0) is 12.8. The SMILES string of the molecule is CNc1cccc(CSCc2cccc(C)c2)n1. The van der Waals surface area contributed by atoms with E-state index in [1.807, 2.05) is 30.9 Å². The summed E-state index contributed by atoms with van der Waals surface area (Å²) in [4.78, 5) is 4.51. The van der Waals surface area contributed by atoms with E-state index in [1.54, 1.807) is 0 Å². The minimum absolute atomic E-state index is 0.934. The minimum atomic E-state index is 0.934. The van der Waals surface area contributed by atoms with E-state index in [0.29, 0.717) is 0 Å². The first-order valence-electron chi connectivity index (χ1n) is 6.05. The third-order valence-corrected chi connectivity index (χ3v) is 3.70. The van der Waals surface area contributed by atoms with Crippen molar-refractivity contribution in [2.24, 2.45) is 0 Å². The summed E-state index contributed by atoms with van der Waals surface area (Å²) in [5.74, 6) is 2.92. The largest absolute Gasteiger partial charge is 0.373 e. The number of anilines is 1. The fourth-order valence-corrected chi connectivity index (χ4v) is 2.66. The smallest absolute Gasteiger partial charge is 0.125 e. The predicted molar refractivity (Wildman–Crippen MR) is 80.0 cm³/mol. The van der Waals surface area contributed by atoms with Gasteiger partial charge in [-0.25, -0.2) is 4.98 Å². The van der Waals surface area contributed by atoms with Crippen LogP contribution in [0.25, 0.3) is 0 Å². The number of aromatic nitrogens is 1. The topological polar surface area (TPSA) is 24.9 Å². The number of benzene rings is 1. The molecular weight excluding hydrogens is 240 g/mol. The highest BCUT2D eigenvalue weighted by Gasteiger charge is 1.98. The fraction of sp³-hybridized carbons (Fsp3) is 0.267. The molecule has 1 aromatic heterocycles. The van der Waals surface area contributed by atoms with E-state index in [0.717, 1.165) is 23.0 Å². The van der Waals surface area contributed by atoms with Gasteiger partial charge in [0, 0.05) is 18.6 Å². The average Bonchev–Trinajstić information content (AvgIpc) is 2.39. The molecular formula is C15H18N2S. The van der Waals surface area contributed by atoms with Gasteiger partial charge in [0.1, 0.15) is 5.82 Å². The first kappa shape index (κ1) is 13.0. The van der Waals surface area contributed by atoms with Crippen molar-refractivity contribution in [3.8, 4) is 0 Å². The quantitative estimate of drug-likeness (QED) is 0.881. The number of aryl methyl sites for hydroxylation is 1. The Morgan fingerprint density at radius 1 is 1.11 bits per heavy atom. The number of nitrogens with zero attached hydrogens (tertiary/aromatic N) is 1. The summed E-state index contributed by atoms with van der Waals surface area (Å²) in [7, 11) is 1.89. The molecule has 1 N–H and O–H groups in total. The molecule has 0 radical (unpaired) electrons. The number of hydrogen-bond acceptors (Lipinski definition) is 3. The van der Waals surface area contributed by atoms with Gasteiger partial charge < -0.3 is 5.32 Å². The molecule has 94 valence electrons. The van der Waals surface area contributed by atoms with Gasteiger partial charge in [-0.15, -0.1) is 0 Å². The molecule has 0 saturated carbocycles. The van der Waals surface area contributed by atoms with E-state index in [9.17, 15) is 0 Å². The number of rotatable bonds is 5. The van der Waals surface area contributed by atoms with Crippen LogP contribution in [0.3, 0.4) is 0 Å². The molecule has 0 saturated heterocycles. The van der Waals surface area contributed by atoms with Crippen molar-refractivity contribution in [1.82, 2.24) is 4.98 Å². The molecule has 0 unspecified atom stereocenters. The Kier molecular flexibility index (Phi) is 4.65. The van der Waals surface area contributed by atoms with E-state index < -0.39 is 0 Å². The third-order valence-electron chi connectivity index (χ3n) is 2.66. The summed E-state index contributed by atoms with van der Waals surface area (Å²) in [5, 5.41) is 3.06. The monoisotopic (exact) mass is 258 g/mol. The fourth-order valence-electron chi connectivity index (χ4n) is 1.77. The molecule has 0 aliphatic heterocycles. The van der Waals surface area contributed by atoms with Gasteiger partial charge in [-0.1, -0.05) is 35.9 Å². The van der Waals surface area contributed by atoms with Crippen LogP contribution in [-0.2, 0) is 11.5 Å². The van der Waals surface area contributed by atoms with Gasteiger partial charge in [0.05, 0.1) is 5.69 Å². The van der Waals surface area contributed by atoms with E-state index in [1.165, 1.54) is 11.1 Å². The van der Waals surface area contributed by atoms with Crippen molar-refractivity contribution >= 4 is 17.6 Å². The second-order valence-corrected chi connectivity index (χ2v) is 5.23. The lowest BCUT2D eigenvalue weighted by atomic mass is 10.2. The maximum absolute atomic E-state index is 4.51. The van der Waals surface area contributed by atoms with Crippen LogP contribution in [0.5, 0.6) is 0 Å². The minimum Gasteiger partial charge on any atom is -0.373 e. The molecule has 0 bridgehead atoms. The van der Waals surface area contributed by atoms with Crippen LogP contribution in [0.2, 0.25) is 0 Å². The number of pyridine rings is 1. The molecule has 0 fully saturated rings. The number of hydrogen-bond donors (Lipinski definition) is 1. The van der Waals surface area contributed by atoms with E-state index in [-0.39, 0.29) is 0 Å². The van der Waals surface area contributed by atoms with Crippen molar-refractivity contribution in [2.45, 2.75) is 18.4 Å². The van der Waals surface area contributed by atoms with E-state index in [2.05, 4.69) is 47.6 Å². The van der Waals surface area contributed by atoms with Crippen molar-refractivity contribution < 1.29 is 0 Å². The Morgan fingerprint density at radius 3 is 2.72 bits per heavy atom. The summed E-state index contributed by atoms with van der Waals surface area (Å²) in [5.41, 5.74) is 3.83. The van der Waals surface area contributed by atoms with Crippen LogP contribution < -0.4 is 5.32 Å². The lowest BCUT2D eigenvalue weighted by Gasteiger charge is -2.05. The van der Waals surface area contributed by atoms with Gasteiger partial charge in [-0.3, -0.25) is 0 Å². The van der Waals surface area contributed by atoms with Gasteiger partial charge in [0.25, 0.3) is 0 Å². The summed E-state index contributed by atoms with van der Waals surface area (Å²) < 4.78 is 0. The normalized spacial score (nSPS) is 10.3. The molecule has 0 atom stereocenters. The van der Waals surface area contributed by atoms with Crippen LogP contribution in [0.1, 0.15) is 16.8 Å². The predicted octanol–water partition coefficient (Wildman–Crippen LogP) is 3.87. The van der Waals surface area contributed by atoms with Gasteiger partial charge >= 0.3 is 0 Å². The zero-order valence-corrected chi connectivity index (χ0v) is 11.6. The highest BCUT2D eigenvalue weighted by atomic mass is 32.2. The van der Waals surface area contributed by atoms with Gasteiger partial charge in [0.15, 0.2) is 0 Å². The molecule has 2 nitrogen and oxygen atoms in total. The lowest BCUT2D eigenvalue weighted by Crippen LogP contribution is -1.95. The molecule has 3 heteroatoms. The maximum Gasteiger partial charge on any atom is 0.125 e. The first-order chi connectivity index (χ1) is 8.78. The van der Waals surface area contributed by atoms with Gasteiger partial charge in [0.2, 0.25) is 0 Å². The summed E-state index contributed by atoms with van der Waals surface area (Å²) in [6.45, 7) is 2.13. The van der Waals surface area contributed by atoms with Gasteiger partial charge in [-0.05, 0) is 24.6 Å². The molecule has 0 amide bonds. The van der Waals surface area contributed by atoms with Gasteiger partial charge in [-0.2, -0.15) is 11.8 Å². The van der Waals surface area contributed by atoms with Crippen LogP contribution in [0, 0.1) is 6.92 Å². The van der Waals surface area contributed by atoms with Crippen molar-refractivity contribution in [2.75, 3.05) is 12.4 Å². The molecule has 0 aliphatic carbocycles. The van der Waals surface area contributed by atoms with Crippen LogP contribution in [0.15, 0.2) is 42.5 Å². The first-order valence-corrected chi connectivity index (χ1v) is 7.20. The number of nitrogens with one attached hydrogen (secondary N) is 1. The van der Waals surface area contributed by atoms with E-state index >= 15 is 0 Å². The molecule has 2 aromatic rings. The van der Waals surface area contributed by atoms with Crippen molar-refractivity contribution in [3.63, 3.8) is 0 Å². The molecule has 1 aromatic carbocycles. The zero-order valence-electron chi connectivity index (χ0n) is 10.8. The highest BCUT2D eigenvalue weighted by Crippen LogP contribution is 2.18. The molecule has 1 heterocycles. The highest BCUT2D eigenvalue weighted by molar-refractivity contribution is 7.97. The Labute approximate surface area is 113 Å². The number of thioether (sulfide) groups is 1. The maximum atomic E-state index is 4.51. The third kappa shape index (κ3) is 3.77. The van der Waals surface area contributed by atoms with Crippen LogP contribution >= 0.6 is 11.8 Å². The Balaban J connectivity index is 1.88. The van der Waals surface area contributed by atoms with Crippen molar-refractivity contribution in [3.05, 3.63) is 59.3 Å². The van der Waals surface area contributed by atoms with Crippen LogP contribution in [-0.4, -0.2) is 12.0 Å². The average molecular weight is 258 g/mol.